The number of aryl methyl sites for hydroxylation is 1. The monoisotopic (exact) mass is 450 g/mol. The van der Waals surface area contributed by atoms with Crippen LogP contribution < -0.4 is 10.6 Å². The third kappa shape index (κ3) is 5.50. The Kier molecular flexibility index (Phi) is 6.80. The van der Waals surface area contributed by atoms with Gasteiger partial charge in [-0.25, -0.2) is 9.97 Å². The van der Waals surface area contributed by atoms with Crippen molar-refractivity contribution in [2.24, 2.45) is 11.8 Å². The van der Waals surface area contributed by atoms with E-state index in [9.17, 15) is 9.59 Å². The fourth-order valence-corrected chi connectivity index (χ4v) is 4.83. The van der Waals surface area contributed by atoms with Crippen molar-refractivity contribution >= 4 is 34.8 Å². The number of hydrogen-bond donors (Lipinski definition) is 3. The largest absolute Gasteiger partial charge is 0.481 e. The van der Waals surface area contributed by atoms with Crippen LogP contribution in [-0.4, -0.2) is 27.0 Å². The van der Waals surface area contributed by atoms with Crippen molar-refractivity contribution in [3.05, 3.63) is 59.1 Å². The third-order valence-electron chi connectivity index (χ3n) is 5.72. The molecule has 3 aromatic heterocycles. The number of carboxylic acids is 1. The van der Waals surface area contributed by atoms with E-state index in [1.165, 1.54) is 0 Å². The number of carboxylic acid groups (broad SMARTS) is 1. The van der Waals surface area contributed by atoms with Gasteiger partial charge in [0, 0.05) is 17.0 Å². The minimum atomic E-state index is -0.752. The smallest absolute Gasteiger partial charge is 0.306 e. The molecule has 1 aliphatic rings. The quantitative estimate of drug-likeness (QED) is 0.479. The van der Waals surface area contributed by atoms with Crippen LogP contribution in [0.5, 0.6) is 0 Å². The number of nitrogens with zero attached hydrogens (tertiary/aromatic N) is 2. The van der Waals surface area contributed by atoms with Crippen LogP contribution in [0.1, 0.15) is 36.1 Å². The van der Waals surface area contributed by atoms with Gasteiger partial charge in [-0.1, -0.05) is 6.07 Å². The molecule has 4 rings (SSSR count). The van der Waals surface area contributed by atoms with Crippen molar-refractivity contribution in [2.45, 2.75) is 39.2 Å². The van der Waals surface area contributed by atoms with Crippen molar-refractivity contribution in [3.63, 3.8) is 0 Å². The Morgan fingerprint density at radius 1 is 1.06 bits per heavy atom. The Balaban J connectivity index is 1.34. The highest BCUT2D eigenvalue weighted by atomic mass is 32.1. The Labute approximate surface area is 190 Å². The van der Waals surface area contributed by atoms with Gasteiger partial charge in [-0.05, 0) is 74.6 Å². The minimum absolute atomic E-state index is 0.0127. The molecule has 0 bridgehead atoms. The summed E-state index contributed by atoms with van der Waals surface area (Å²) in [5.41, 5.74) is 1.98. The summed E-state index contributed by atoms with van der Waals surface area (Å²) in [5, 5.41) is 15.3. The van der Waals surface area contributed by atoms with E-state index in [-0.39, 0.29) is 17.7 Å². The van der Waals surface area contributed by atoms with Gasteiger partial charge in [-0.15, -0.1) is 11.3 Å². The van der Waals surface area contributed by atoms with Crippen LogP contribution in [0.3, 0.4) is 0 Å². The van der Waals surface area contributed by atoms with Crippen molar-refractivity contribution in [1.29, 1.82) is 0 Å². The first-order chi connectivity index (χ1) is 15.5. The van der Waals surface area contributed by atoms with Crippen LogP contribution in [-0.2, 0) is 16.1 Å². The van der Waals surface area contributed by atoms with Crippen LogP contribution in [0.2, 0.25) is 0 Å². The molecule has 0 atom stereocenters. The molecule has 0 aliphatic heterocycles. The molecule has 0 unspecified atom stereocenters. The summed E-state index contributed by atoms with van der Waals surface area (Å²) in [4.78, 5) is 34.6. The number of aromatic nitrogens is 2. The lowest BCUT2D eigenvalue weighted by molar-refractivity contribution is -0.144. The number of rotatable bonds is 7. The van der Waals surface area contributed by atoms with Gasteiger partial charge in [0.1, 0.15) is 11.6 Å². The maximum Gasteiger partial charge on any atom is 0.306 e. The van der Waals surface area contributed by atoms with Gasteiger partial charge >= 0.3 is 5.97 Å². The zero-order chi connectivity index (χ0) is 22.5. The van der Waals surface area contributed by atoms with E-state index in [1.54, 1.807) is 17.5 Å². The summed E-state index contributed by atoms with van der Waals surface area (Å²) in [5.74, 6) is 0.335. The van der Waals surface area contributed by atoms with Gasteiger partial charge < -0.3 is 15.7 Å². The zero-order valence-corrected chi connectivity index (χ0v) is 18.7. The van der Waals surface area contributed by atoms with E-state index < -0.39 is 5.97 Å². The highest BCUT2D eigenvalue weighted by Gasteiger charge is 2.29. The molecule has 1 saturated carbocycles. The van der Waals surface area contributed by atoms with E-state index in [1.807, 2.05) is 49.4 Å². The predicted molar refractivity (Wildman–Crippen MR) is 125 cm³/mol. The molecule has 1 fully saturated rings. The van der Waals surface area contributed by atoms with Crippen molar-refractivity contribution in [3.8, 4) is 10.6 Å². The molecule has 1 amide bonds. The van der Waals surface area contributed by atoms with Crippen LogP contribution in [0.15, 0.2) is 48.7 Å². The lowest BCUT2D eigenvalue weighted by Gasteiger charge is -2.25. The molecule has 0 spiro atoms. The molecule has 3 aromatic rings. The Hall–Kier alpha value is -3.26. The zero-order valence-electron chi connectivity index (χ0n) is 17.9. The Morgan fingerprint density at radius 2 is 1.84 bits per heavy atom. The number of carbonyl (C=O) groups excluding carboxylic acids is 1. The first-order valence-corrected chi connectivity index (χ1v) is 11.6. The molecular weight excluding hydrogens is 424 g/mol. The topological polar surface area (TPSA) is 104 Å². The van der Waals surface area contributed by atoms with Crippen LogP contribution in [0, 0.1) is 18.8 Å². The maximum absolute atomic E-state index is 12.5. The number of anilines is 2. The second-order valence-electron chi connectivity index (χ2n) is 8.12. The molecule has 166 valence electrons. The summed E-state index contributed by atoms with van der Waals surface area (Å²) in [6, 6.07) is 13.8. The predicted octanol–water partition coefficient (Wildman–Crippen LogP) is 4.76. The highest BCUT2D eigenvalue weighted by molar-refractivity contribution is 7.15. The molecule has 8 heteroatoms. The fourth-order valence-electron chi connectivity index (χ4n) is 3.91. The molecule has 0 saturated heterocycles. The van der Waals surface area contributed by atoms with E-state index >= 15 is 0 Å². The molecule has 32 heavy (non-hydrogen) atoms. The molecule has 7 nitrogen and oxygen atoms in total. The first-order valence-electron chi connectivity index (χ1n) is 10.7. The van der Waals surface area contributed by atoms with Crippen LogP contribution >= 0.6 is 11.3 Å². The number of thiophene rings is 1. The third-order valence-corrected chi connectivity index (χ3v) is 6.83. The Bertz CT molecular complexity index is 1110. The second-order valence-corrected chi connectivity index (χ2v) is 9.29. The summed E-state index contributed by atoms with van der Waals surface area (Å²) in [7, 11) is 0. The van der Waals surface area contributed by atoms with Crippen LogP contribution in [0.4, 0.5) is 11.6 Å². The number of nitrogens with one attached hydrogen (secondary N) is 2. The summed E-state index contributed by atoms with van der Waals surface area (Å²) >= 11 is 1.60. The highest BCUT2D eigenvalue weighted by Crippen LogP contribution is 2.30. The SMILES string of the molecule is Cc1ccnc(Nc2cccc(-c3ccc(CNC(=O)C4CCC(C(=O)O)CC4)s3)n2)c1. The van der Waals surface area contributed by atoms with E-state index in [0.717, 1.165) is 32.6 Å². The molecule has 3 heterocycles. The van der Waals surface area contributed by atoms with Gasteiger partial charge in [0.2, 0.25) is 5.91 Å². The van der Waals surface area contributed by atoms with Crippen molar-refractivity contribution in [1.82, 2.24) is 15.3 Å². The van der Waals surface area contributed by atoms with Gasteiger partial charge in [-0.2, -0.15) is 0 Å². The van der Waals surface area contributed by atoms with Gasteiger partial charge in [0.05, 0.1) is 23.0 Å². The average Bonchev–Trinajstić information content (AvgIpc) is 3.27. The van der Waals surface area contributed by atoms with Gasteiger partial charge in [-0.3, -0.25) is 9.59 Å². The van der Waals surface area contributed by atoms with E-state index in [0.29, 0.717) is 32.2 Å². The number of pyridine rings is 2. The fraction of sp³-hybridized carbons (Fsp3) is 0.333. The Morgan fingerprint density at radius 3 is 2.59 bits per heavy atom. The van der Waals surface area contributed by atoms with Gasteiger partial charge in [0.25, 0.3) is 0 Å². The van der Waals surface area contributed by atoms with Crippen LogP contribution in [0.25, 0.3) is 10.6 Å². The van der Waals surface area contributed by atoms with Crippen molar-refractivity contribution in [2.75, 3.05) is 5.32 Å². The lowest BCUT2D eigenvalue weighted by atomic mass is 9.81. The minimum Gasteiger partial charge on any atom is -0.481 e. The number of amides is 1. The van der Waals surface area contributed by atoms with Gasteiger partial charge in [0.15, 0.2) is 0 Å². The normalized spacial score (nSPS) is 18.2. The van der Waals surface area contributed by atoms with E-state index in [2.05, 4.69) is 15.6 Å². The second kappa shape index (κ2) is 9.91. The number of carbonyl (C=O) groups is 2. The summed E-state index contributed by atoms with van der Waals surface area (Å²) in [6.07, 6.45) is 4.19. The number of aliphatic carboxylic acids is 1. The summed E-state index contributed by atoms with van der Waals surface area (Å²) < 4.78 is 0. The maximum atomic E-state index is 12.5. The molecular formula is C24H26N4O3S. The van der Waals surface area contributed by atoms with Crippen molar-refractivity contribution < 1.29 is 14.7 Å². The standard InChI is InChI=1S/C24H26N4O3S/c1-15-11-12-25-22(13-15)28-21-4-2-3-19(27-21)20-10-9-18(32-20)14-26-23(29)16-5-7-17(8-6-16)24(30)31/h2-4,9-13,16-17H,5-8,14H2,1H3,(H,26,29)(H,30,31)(H,25,27,28). The summed E-state index contributed by atoms with van der Waals surface area (Å²) in [6.45, 7) is 2.48. The molecule has 1 aliphatic carbocycles. The molecule has 3 N–H and O–H groups in total. The molecule has 0 aromatic carbocycles. The lowest BCUT2D eigenvalue weighted by Crippen LogP contribution is -2.33. The average molecular weight is 451 g/mol. The molecule has 0 radical (unpaired) electrons. The first kappa shape index (κ1) is 22.0. The van der Waals surface area contributed by atoms with E-state index in [4.69, 9.17) is 10.1 Å². The number of hydrogen-bond acceptors (Lipinski definition) is 6.